The minimum atomic E-state index is 0.304. The van der Waals surface area contributed by atoms with Crippen molar-refractivity contribution in [1.82, 2.24) is 5.32 Å². The number of hydrogen-bond donors (Lipinski definition) is 1. The van der Waals surface area contributed by atoms with Gasteiger partial charge in [-0.2, -0.15) is 0 Å². The number of terminal acetylenes is 1. The summed E-state index contributed by atoms with van der Waals surface area (Å²) in [6.07, 6.45) is 9.12. The molecule has 1 N–H and O–H groups in total. The Morgan fingerprint density at radius 1 is 1.44 bits per heavy atom. The molecule has 1 aromatic rings. The lowest BCUT2D eigenvalue weighted by Gasteiger charge is -2.14. The van der Waals surface area contributed by atoms with Crippen LogP contribution in [0.15, 0.2) is 16.5 Å². The van der Waals surface area contributed by atoms with E-state index in [1.807, 2.05) is 0 Å². The van der Waals surface area contributed by atoms with Gasteiger partial charge < -0.3 is 9.73 Å². The fourth-order valence-corrected chi connectivity index (χ4v) is 1.77. The van der Waals surface area contributed by atoms with E-state index in [1.54, 1.807) is 0 Å². The Balaban J connectivity index is 2.58. The quantitative estimate of drug-likeness (QED) is 0.562. The van der Waals surface area contributed by atoms with Gasteiger partial charge in [-0.05, 0) is 31.5 Å². The molecule has 1 atom stereocenters. The molecule has 2 heteroatoms. The van der Waals surface area contributed by atoms with Gasteiger partial charge in [0.1, 0.15) is 11.5 Å². The van der Waals surface area contributed by atoms with E-state index in [0.717, 1.165) is 43.7 Å². The lowest BCUT2D eigenvalue weighted by atomic mass is 10.1. The van der Waals surface area contributed by atoms with Crippen molar-refractivity contribution in [3.05, 3.63) is 23.7 Å². The van der Waals surface area contributed by atoms with E-state index in [1.165, 1.54) is 0 Å². The van der Waals surface area contributed by atoms with Crippen LogP contribution in [-0.2, 0) is 6.42 Å². The molecule has 1 unspecified atom stereocenters. The summed E-state index contributed by atoms with van der Waals surface area (Å²) in [4.78, 5) is 0. The largest absolute Gasteiger partial charge is 0.464 e. The smallest absolute Gasteiger partial charge is 0.121 e. The van der Waals surface area contributed by atoms with Crippen molar-refractivity contribution < 1.29 is 4.42 Å². The average molecular weight is 219 g/mol. The minimum Gasteiger partial charge on any atom is -0.464 e. The van der Waals surface area contributed by atoms with Crippen LogP contribution >= 0.6 is 0 Å². The summed E-state index contributed by atoms with van der Waals surface area (Å²) in [6, 6.07) is 4.43. The first-order chi connectivity index (χ1) is 7.81. The number of rotatable bonds is 7. The van der Waals surface area contributed by atoms with Crippen molar-refractivity contribution in [2.45, 2.75) is 45.6 Å². The molecule has 0 aliphatic rings. The highest BCUT2D eigenvalue weighted by Crippen LogP contribution is 2.21. The van der Waals surface area contributed by atoms with Crippen molar-refractivity contribution in [2.24, 2.45) is 0 Å². The van der Waals surface area contributed by atoms with Crippen LogP contribution in [0.3, 0.4) is 0 Å². The molecule has 1 heterocycles. The maximum absolute atomic E-state index is 5.76. The second kappa shape index (κ2) is 7.14. The second-order valence-corrected chi connectivity index (χ2v) is 3.86. The summed E-state index contributed by atoms with van der Waals surface area (Å²) in [5.41, 5.74) is 0. The lowest BCUT2D eigenvalue weighted by Crippen LogP contribution is -2.20. The number of aryl methyl sites for hydroxylation is 1. The molecule has 0 aliphatic carbocycles. The first-order valence-corrected chi connectivity index (χ1v) is 6.07. The highest BCUT2D eigenvalue weighted by atomic mass is 16.3. The predicted molar refractivity (Wildman–Crippen MR) is 67.2 cm³/mol. The third-order valence-corrected chi connectivity index (χ3v) is 2.64. The van der Waals surface area contributed by atoms with Crippen LogP contribution in [0.4, 0.5) is 0 Å². The molecular formula is C14H21NO. The molecule has 0 aromatic carbocycles. The topological polar surface area (TPSA) is 25.2 Å². The first-order valence-electron chi connectivity index (χ1n) is 6.07. The standard InChI is InChI=1S/C14H21NO/c1-4-7-8-9-13(15-6-3)14-11-10-12(5-2)16-14/h1,10-11,13,15H,5-9H2,2-3H3. The summed E-state index contributed by atoms with van der Waals surface area (Å²) in [5.74, 6) is 4.76. The number of hydrogen-bond acceptors (Lipinski definition) is 2. The Kier molecular flexibility index (Phi) is 5.74. The van der Waals surface area contributed by atoms with Gasteiger partial charge in [0.25, 0.3) is 0 Å². The molecule has 0 saturated heterocycles. The molecule has 0 bridgehead atoms. The normalized spacial score (nSPS) is 12.3. The lowest BCUT2D eigenvalue weighted by molar-refractivity contribution is 0.380. The van der Waals surface area contributed by atoms with Crippen LogP contribution in [-0.4, -0.2) is 6.54 Å². The summed E-state index contributed by atoms with van der Waals surface area (Å²) in [5, 5.41) is 3.43. The number of furan rings is 1. The summed E-state index contributed by atoms with van der Waals surface area (Å²) >= 11 is 0. The molecule has 2 nitrogen and oxygen atoms in total. The van der Waals surface area contributed by atoms with E-state index >= 15 is 0 Å². The maximum atomic E-state index is 5.76. The van der Waals surface area contributed by atoms with Crippen molar-refractivity contribution in [3.8, 4) is 12.3 Å². The van der Waals surface area contributed by atoms with Gasteiger partial charge in [-0.15, -0.1) is 12.3 Å². The third-order valence-electron chi connectivity index (χ3n) is 2.64. The van der Waals surface area contributed by atoms with Crippen molar-refractivity contribution in [1.29, 1.82) is 0 Å². The van der Waals surface area contributed by atoms with Crippen LogP contribution in [0.5, 0.6) is 0 Å². The highest BCUT2D eigenvalue weighted by molar-refractivity contribution is 5.10. The molecule has 0 aliphatic heterocycles. The Labute approximate surface area is 98.4 Å². The van der Waals surface area contributed by atoms with Gasteiger partial charge in [0.2, 0.25) is 0 Å². The van der Waals surface area contributed by atoms with E-state index < -0.39 is 0 Å². The second-order valence-electron chi connectivity index (χ2n) is 3.86. The molecule has 0 spiro atoms. The average Bonchev–Trinajstić information content (AvgIpc) is 2.76. The fraction of sp³-hybridized carbons (Fsp3) is 0.571. The molecule has 1 aromatic heterocycles. The summed E-state index contributed by atoms with van der Waals surface area (Å²) in [7, 11) is 0. The first kappa shape index (κ1) is 12.9. The van der Waals surface area contributed by atoms with Crippen molar-refractivity contribution in [3.63, 3.8) is 0 Å². The van der Waals surface area contributed by atoms with Crippen molar-refractivity contribution in [2.75, 3.05) is 6.54 Å². The van der Waals surface area contributed by atoms with Gasteiger partial charge in [0.15, 0.2) is 0 Å². The number of unbranched alkanes of at least 4 members (excludes halogenated alkanes) is 1. The van der Waals surface area contributed by atoms with E-state index in [2.05, 4.69) is 37.2 Å². The van der Waals surface area contributed by atoms with E-state index in [9.17, 15) is 0 Å². The van der Waals surface area contributed by atoms with Crippen LogP contribution in [0, 0.1) is 12.3 Å². The zero-order valence-electron chi connectivity index (χ0n) is 10.3. The summed E-state index contributed by atoms with van der Waals surface area (Å²) in [6.45, 7) is 5.16. The monoisotopic (exact) mass is 219 g/mol. The minimum absolute atomic E-state index is 0.304. The van der Waals surface area contributed by atoms with Gasteiger partial charge in [-0.25, -0.2) is 0 Å². The molecule has 16 heavy (non-hydrogen) atoms. The van der Waals surface area contributed by atoms with Crippen LogP contribution in [0.25, 0.3) is 0 Å². The Morgan fingerprint density at radius 3 is 2.81 bits per heavy atom. The molecule has 0 radical (unpaired) electrons. The van der Waals surface area contributed by atoms with Crippen LogP contribution in [0.2, 0.25) is 0 Å². The van der Waals surface area contributed by atoms with E-state index in [0.29, 0.717) is 6.04 Å². The van der Waals surface area contributed by atoms with E-state index in [-0.39, 0.29) is 0 Å². The SMILES string of the molecule is C#CCCCC(NCC)c1ccc(CC)o1. The van der Waals surface area contributed by atoms with Gasteiger partial charge >= 0.3 is 0 Å². The summed E-state index contributed by atoms with van der Waals surface area (Å²) < 4.78 is 5.76. The Hall–Kier alpha value is -1.20. The fourth-order valence-electron chi connectivity index (χ4n) is 1.77. The van der Waals surface area contributed by atoms with E-state index in [4.69, 9.17) is 10.8 Å². The maximum Gasteiger partial charge on any atom is 0.121 e. The van der Waals surface area contributed by atoms with Gasteiger partial charge in [0, 0.05) is 12.8 Å². The van der Waals surface area contributed by atoms with Crippen molar-refractivity contribution >= 4 is 0 Å². The molecule has 0 amide bonds. The predicted octanol–water partition coefficient (Wildman–Crippen LogP) is 3.30. The van der Waals surface area contributed by atoms with Gasteiger partial charge in [0.05, 0.1) is 6.04 Å². The zero-order chi connectivity index (χ0) is 11.8. The van der Waals surface area contributed by atoms with Crippen LogP contribution in [0.1, 0.15) is 50.7 Å². The number of nitrogens with one attached hydrogen (secondary N) is 1. The Morgan fingerprint density at radius 2 is 2.25 bits per heavy atom. The molecule has 0 saturated carbocycles. The molecular weight excluding hydrogens is 198 g/mol. The van der Waals surface area contributed by atoms with Gasteiger partial charge in [-0.3, -0.25) is 0 Å². The Bertz CT molecular complexity index is 335. The van der Waals surface area contributed by atoms with Crippen LogP contribution < -0.4 is 5.32 Å². The zero-order valence-corrected chi connectivity index (χ0v) is 10.3. The highest BCUT2D eigenvalue weighted by Gasteiger charge is 2.13. The molecule has 88 valence electrons. The third kappa shape index (κ3) is 3.75. The van der Waals surface area contributed by atoms with Gasteiger partial charge in [-0.1, -0.05) is 13.8 Å². The molecule has 1 rings (SSSR count). The molecule has 0 fully saturated rings.